The maximum Gasteiger partial charge on any atom is 0.175 e. The molecular formula is C16H16Br2O2. The van der Waals surface area contributed by atoms with Gasteiger partial charge in [-0.3, -0.25) is 0 Å². The lowest BCUT2D eigenvalue weighted by atomic mass is 10.0. The van der Waals surface area contributed by atoms with Gasteiger partial charge >= 0.3 is 0 Å². The molecule has 0 bridgehead atoms. The summed E-state index contributed by atoms with van der Waals surface area (Å²) in [5, 5.41) is 0.851. The summed E-state index contributed by atoms with van der Waals surface area (Å²) in [6.07, 6.45) is 0. The summed E-state index contributed by atoms with van der Waals surface area (Å²) >= 11 is 7.06. The monoisotopic (exact) mass is 398 g/mol. The number of hydrogen-bond acceptors (Lipinski definition) is 2. The van der Waals surface area contributed by atoms with Crippen molar-refractivity contribution in [3.8, 4) is 11.5 Å². The van der Waals surface area contributed by atoms with E-state index in [1.807, 2.05) is 36.4 Å². The van der Waals surface area contributed by atoms with Crippen molar-refractivity contribution < 1.29 is 9.47 Å². The highest BCUT2D eigenvalue weighted by atomic mass is 79.9. The van der Waals surface area contributed by atoms with E-state index in [4.69, 9.17) is 9.47 Å². The molecule has 0 aliphatic carbocycles. The van der Waals surface area contributed by atoms with Crippen LogP contribution in [0.2, 0.25) is 0 Å². The molecule has 0 heterocycles. The molecule has 0 spiro atoms. The molecule has 0 aliphatic heterocycles. The van der Waals surface area contributed by atoms with E-state index < -0.39 is 0 Å². The molecule has 2 rings (SSSR count). The largest absolute Gasteiger partial charge is 0.493 e. The van der Waals surface area contributed by atoms with E-state index >= 15 is 0 Å². The van der Waals surface area contributed by atoms with Gasteiger partial charge in [0.1, 0.15) is 0 Å². The molecule has 1 atom stereocenters. The van der Waals surface area contributed by atoms with Crippen LogP contribution in [-0.4, -0.2) is 19.0 Å². The second-order valence-electron chi connectivity index (χ2n) is 4.34. The van der Waals surface area contributed by atoms with Gasteiger partial charge in [0.05, 0.1) is 18.2 Å². The Labute approximate surface area is 136 Å². The first-order chi connectivity index (χ1) is 9.76. The zero-order chi connectivity index (χ0) is 14.4. The number of rotatable bonds is 6. The van der Waals surface area contributed by atoms with E-state index in [9.17, 15) is 0 Å². The van der Waals surface area contributed by atoms with Crippen LogP contribution in [0.1, 0.15) is 11.5 Å². The van der Waals surface area contributed by atoms with Crippen LogP contribution < -0.4 is 9.47 Å². The standard InChI is InChI=1S/C16H16Br2O2/c1-19-15-9-5-8-14(18)16(15)20-11-13(10-17)12-6-3-2-4-7-12/h2-9,13H,10-11H2,1H3. The zero-order valence-corrected chi connectivity index (χ0v) is 14.4. The van der Waals surface area contributed by atoms with Crippen LogP contribution in [0, 0.1) is 0 Å². The van der Waals surface area contributed by atoms with E-state index in [0.29, 0.717) is 12.5 Å². The zero-order valence-electron chi connectivity index (χ0n) is 11.2. The van der Waals surface area contributed by atoms with Gasteiger partial charge in [-0.2, -0.15) is 0 Å². The second-order valence-corrected chi connectivity index (χ2v) is 5.85. The minimum atomic E-state index is 0.299. The summed E-state index contributed by atoms with van der Waals surface area (Å²) in [5.74, 6) is 1.78. The van der Waals surface area contributed by atoms with E-state index in [2.05, 4.69) is 44.0 Å². The highest BCUT2D eigenvalue weighted by Crippen LogP contribution is 2.35. The molecule has 2 aromatic carbocycles. The van der Waals surface area contributed by atoms with Crippen molar-refractivity contribution >= 4 is 31.9 Å². The molecule has 1 unspecified atom stereocenters. The molecule has 0 radical (unpaired) electrons. The Balaban J connectivity index is 2.11. The molecule has 0 saturated heterocycles. The number of hydrogen-bond donors (Lipinski definition) is 0. The molecule has 0 aliphatic rings. The SMILES string of the molecule is COc1cccc(Br)c1OCC(CBr)c1ccccc1. The van der Waals surface area contributed by atoms with Gasteiger partial charge in [-0.05, 0) is 33.6 Å². The van der Waals surface area contributed by atoms with Crippen LogP contribution in [0.5, 0.6) is 11.5 Å². The van der Waals surface area contributed by atoms with E-state index in [-0.39, 0.29) is 0 Å². The van der Waals surface area contributed by atoms with Crippen LogP contribution in [0.3, 0.4) is 0 Å². The molecule has 0 fully saturated rings. The van der Waals surface area contributed by atoms with Crippen LogP contribution >= 0.6 is 31.9 Å². The molecule has 0 aromatic heterocycles. The van der Waals surface area contributed by atoms with Crippen molar-refractivity contribution in [3.05, 3.63) is 58.6 Å². The van der Waals surface area contributed by atoms with Gasteiger partial charge in [0.15, 0.2) is 11.5 Å². The average molecular weight is 400 g/mol. The maximum atomic E-state index is 5.96. The quantitative estimate of drug-likeness (QED) is 0.635. The first-order valence-corrected chi connectivity index (χ1v) is 8.24. The molecule has 0 N–H and O–H groups in total. The lowest BCUT2D eigenvalue weighted by Gasteiger charge is -2.18. The summed E-state index contributed by atoms with van der Waals surface area (Å²) in [7, 11) is 1.65. The third kappa shape index (κ3) is 3.76. The van der Waals surface area contributed by atoms with Crippen LogP contribution in [-0.2, 0) is 0 Å². The van der Waals surface area contributed by atoms with Gasteiger partial charge < -0.3 is 9.47 Å². The third-order valence-electron chi connectivity index (χ3n) is 3.04. The highest BCUT2D eigenvalue weighted by molar-refractivity contribution is 9.10. The Morgan fingerprint density at radius 2 is 1.80 bits per heavy atom. The smallest absolute Gasteiger partial charge is 0.175 e. The topological polar surface area (TPSA) is 18.5 Å². The van der Waals surface area contributed by atoms with Crippen molar-refractivity contribution in [3.63, 3.8) is 0 Å². The molecule has 2 nitrogen and oxygen atoms in total. The lowest BCUT2D eigenvalue weighted by Crippen LogP contribution is -2.12. The van der Waals surface area contributed by atoms with Crippen LogP contribution in [0.25, 0.3) is 0 Å². The van der Waals surface area contributed by atoms with Gasteiger partial charge in [0, 0.05) is 11.2 Å². The van der Waals surface area contributed by atoms with Crippen molar-refractivity contribution in [1.29, 1.82) is 0 Å². The average Bonchev–Trinajstić information content (AvgIpc) is 2.50. The minimum absolute atomic E-state index is 0.299. The number of halogens is 2. The predicted molar refractivity (Wildman–Crippen MR) is 89.2 cm³/mol. The Morgan fingerprint density at radius 3 is 2.45 bits per heavy atom. The molecular weight excluding hydrogens is 384 g/mol. The second kappa shape index (κ2) is 7.70. The fraction of sp³-hybridized carbons (Fsp3) is 0.250. The van der Waals surface area contributed by atoms with E-state index in [1.54, 1.807) is 7.11 Å². The van der Waals surface area contributed by atoms with E-state index in [1.165, 1.54) is 5.56 Å². The Bertz CT molecular complexity index is 543. The number of alkyl halides is 1. The molecule has 2 aromatic rings. The Morgan fingerprint density at radius 1 is 1.05 bits per heavy atom. The first-order valence-electron chi connectivity index (χ1n) is 6.32. The van der Waals surface area contributed by atoms with Gasteiger partial charge in [-0.1, -0.05) is 52.3 Å². The predicted octanol–water partition coefficient (Wildman–Crippen LogP) is 5.02. The normalized spacial score (nSPS) is 11.9. The molecule has 20 heavy (non-hydrogen) atoms. The summed E-state index contributed by atoms with van der Waals surface area (Å²) in [6.45, 7) is 0.592. The van der Waals surface area contributed by atoms with Crippen molar-refractivity contribution in [1.82, 2.24) is 0 Å². The van der Waals surface area contributed by atoms with Gasteiger partial charge in [0.2, 0.25) is 0 Å². The third-order valence-corrected chi connectivity index (χ3v) is 4.44. The summed E-state index contributed by atoms with van der Waals surface area (Å²) in [5.41, 5.74) is 1.26. The molecule has 0 amide bonds. The van der Waals surface area contributed by atoms with Crippen LogP contribution in [0.4, 0.5) is 0 Å². The van der Waals surface area contributed by atoms with Gasteiger partial charge in [-0.25, -0.2) is 0 Å². The number of benzene rings is 2. The van der Waals surface area contributed by atoms with Gasteiger partial charge in [-0.15, -0.1) is 0 Å². The summed E-state index contributed by atoms with van der Waals surface area (Å²) in [4.78, 5) is 0. The van der Waals surface area contributed by atoms with Gasteiger partial charge in [0.25, 0.3) is 0 Å². The van der Waals surface area contributed by atoms with Crippen LogP contribution in [0.15, 0.2) is 53.0 Å². The number of para-hydroxylation sites is 1. The fourth-order valence-electron chi connectivity index (χ4n) is 1.93. The summed E-state index contributed by atoms with van der Waals surface area (Å²) in [6, 6.07) is 16.1. The lowest BCUT2D eigenvalue weighted by molar-refractivity contribution is 0.277. The Hall–Kier alpha value is -1.00. The highest BCUT2D eigenvalue weighted by Gasteiger charge is 2.14. The Kier molecular flexibility index (Phi) is 5.92. The number of methoxy groups -OCH3 is 1. The molecule has 0 saturated carbocycles. The molecule has 4 heteroatoms. The fourth-order valence-corrected chi connectivity index (χ4v) is 2.95. The van der Waals surface area contributed by atoms with E-state index in [0.717, 1.165) is 21.3 Å². The summed E-state index contributed by atoms with van der Waals surface area (Å²) < 4.78 is 12.2. The van der Waals surface area contributed by atoms with Crippen molar-refractivity contribution in [2.75, 3.05) is 19.0 Å². The first kappa shape index (κ1) is 15.4. The molecule has 106 valence electrons. The minimum Gasteiger partial charge on any atom is -0.493 e. The van der Waals surface area contributed by atoms with Crippen molar-refractivity contribution in [2.45, 2.75) is 5.92 Å². The van der Waals surface area contributed by atoms with Crippen molar-refractivity contribution in [2.24, 2.45) is 0 Å². The number of ether oxygens (including phenoxy) is 2. The maximum absolute atomic E-state index is 5.96.